The van der Waals surface area contributed by atoms with Crippen LogP contribution in [-0.4, -0.2) is 5.78 Å². The molecular weight excluding hydrogens is 372 g/mol. The Morgan fingerprint density at radius 2 is 1.88 bits per heavy atom. The Morgan fingerprint density at radius 3 is 2.31 bits per heavy atom. The quantitative estimate of drug-likeness (QED) is 0.656. The number of rotatable bonds is 2. The Hall–Kier alpha value is 0.0300. The average molecular weight is 380 g/mol. The summed E-state index contributed by atoms with van der Waals surface area (Å²) in [5.74, 6) is 0.101. The van der Waals surface area contributed by atoms with Crippen molar-refractivity contribution < 1.29 is 4.79 Å². The van der Waals surface area contributed by atoms with Crippen molar-refractivity contribution in [3.63, 3.8) is 0 Å². The van der Waals surface area contributed by atoms with Crippen LogP contribution >= 0.6 is 54.5 Å². The molecule has 5 heteroatoms. The van der Waals surface area contributed by atoms with Gasteiger partial charge in [-0.3, -0.25) is 4.79 Å². The van der Waals surface area contributed by atoms with E-state index >= 15 is 0 Å². The van der Waals surface area contributed by atoms with Crippen LogP contribution in [0.2, 0.25) is 0 Å². The Labute approximate surface area is 119 Å². The second-order valence-electron chi connectivity index (χ2n) is 3.44. The van der Waals surface area contributed by atoms with Gasteiger partial charge in [0.05, 0.1) is 12.4 Å². The molecule has 0 bridgehead atoms. The molecule has 0 unspecified atom stereocenters. The van der Waals surface area contributed by atoms with Gasteiger partial charge in [0, 0.05) is 10.4 Å². The summed E-state index contributed by atoms with van der Waals surface area (Å²) in [4.78, 5) is 14.3. The lowest BCUT2D eigenvalue weighted by Gasteiger charge is -1.97. The number of hydrogen-bond donors (Lipinski definition) is 0. The van der Waals surface area contributed by atoms with Crippen molar-refractivity contribution in [2.24, 2.45) is 0 Å². The summed E-state index contributed by atoms with van der Waals surface area (Å²) in [6.07, 6.45) is 0. The zero-order valence-electron chi connectivity index (χ0n) is 8.64. The monoisotopic (exact) mass is 378 g/mol. The molecular formula is C11H8Br2OS2. The van der Waals surface area contributed by atoms with Crippen LogP contribution in [-0.2, 0) is 0 Å². The molecule has 2 rings (SSSR count). The van der Waals surface area contributed by atoms with Crippen LogP contribution in [0.3, 0.4) is 0 Å². The zero-order valence-corrected chi connectivity index (χ0v) is 13.4. The Bertz CT molecular complexity index is 506. The molecule has 0 saturated carbocycles. The van der Waals surface area contributed by atoms with Gasteiger partial charge in [-0.1, -0.05) is 0 Å². The van der Waals surface area contributed by atoms with E-state index in [0.717, 1.165) is 23.6 Å². The van der Waals surface area contributed by atoms with E-state index in [0.29, 0.717) is 0 Å². The predicted molar refractivity (Wildman–Crippen MR) is 76.9 cm³/mol. The summed E-state index contributed by atoms with van der Waals surface area (Å²) >= 11 is 9.88. The lowest BCUT2D eigenvalue weighted by atomic mass is 10.1. The van der Waals surface area contributed by atoms with E-state index in [1.165, 1.54) is 16.2 Å². The maximum absolute atomic E-state index is 12.3. The van der Waals surface area contributed by atoms with E-state index < -0.39 is 0 Å². The third-order valence-corrected chi connectivity index (χ3v) is 5.64. The fourth-order valence-electron chi connectivity index (χ4n) is 1.48. The van der Waals surface area contributed by atoms with Gasteiger partial charge in [0.25, 0.3) is 0 Å². The molecule has 0 aromatic carbocycles. The fourth-order valence-corrected chi connectivity index (χ4v) is 5.26. The molecule has 0 fully saturated rings. The number of hydrogen-bond acceptors (Lipinski definition) is 3. The minimum absolute atomic E-state index is 0.101. The molecule has 84 valence electrons. The SMILES string of the molecule is Cc1cc(C)c(C(=O)c2cc(Br)sc2Br)s1. The topological polar surface area (TPSA) is 17.1 Å². The summed E-state index contributed by atoms with van der Waals surface area (Å²) in [6, 6.07) is 3.92. The molecule has 0 aliphatic heterocycles. The first-order valence-corrected chi connectivity index (χ1v) is 7.77. The normalized spacial score (nSPS) is 10.8. The molecule has 0 saturated heterocycles. The number of halogens is 2. The fraction of sp³-hybridized carbons (Fsp3) is 0.182. The van der Waals surface area contributed by atoms with E-state index in [4.69, 9.17) is 0 Å². The van der Waals surface area contributed by atoms with Crippen LogP contribution in [0.15, 0.2) is 19.7 Å². The molecule has 0 aliphatic rings. The molecule has 0 atom stereocenters. The molecule has 1 nitrogen and oxygen atoms in total. The van der Waals surface area contributed by atoms with Gasteiger partial charge in [-0.2, -0.15) is 0 Å². The van der Waals surface area contributed by atoms with Gasteiger partial charge in [-0.25, -0.2) is 0 Å². The molecule has 0 aliphatic carbocycles. The van der Waals surface area contributed by atoms with Crippen molar-refractivity contribution in [1.82, 2.24) is 0 Å². The molecule has 16 heavy (non-hydrogen) atoms. The van der Waals surface area contributed by atoms with Gasteiger partial charge < -0.3 is 0 Å². The second kappa shape index (κ2) is 4.72. The Kier molecular flexibility index (Phi) is 3.69. The highest BCUT2D eigenvalue weighted by molar-refractivity contribution is 9.12. The van der Waals surface area contributed by atoms with Crippen LogP contribution in [0.1, 0.15) is 25.7 Å². The number of aryl methyl sites for hydroxylation is 2. The first-order valence-electron chi connectivity index (χ1n) is 4.55. The average Bonchev–Trinajstić information content (AvgIpc) is 2.68. The first kappa shape index (κ1) is 12.5. The Morgan fingerprint density at radius 1 is 1.19 bits per heavy atom. The predicted octanol–water partition coefficient (Wildman–Crippen LogP) is 5.18. The molecule has 0 N–H and O–H groups in total. The van der Waals surface area contributed by atoms with E-state index in [2.05, 4.69) is 31.9 Å². The lowest BCUT2D eigenvalue weighted by molar-refractivity contribution is 0.104. The highest BCUT2D eigenvalue weighted by atomic mass is 79.9. The van der Waals surface area contributed by atoms with Gasteiger partial charge >= 0.3 is 0 Å². The summed E-state index contributed by atoms with van der Waals surface area (Å²) < 4.78 is 1.85. The van der Waals surface area contributed by atoms with Gasteiger partial charge in [-0.15, -0.1) is 22.7 Å². The van der Waals surface area contributed by atoms with Gasteiger partial charge in [0.15, 0.2) is 0 Å². The van der Waals surface area contributed by atoms with E-state index in [9.17, 15) is 4.79 Å². The number of thiophene rings is 2. The maximum Gasteiger partial charge on any atom is 0.205 e. The van der Waals surface area contributed by atoms with Crippen molar-refractivity contribution in [2.75, 3.05) is 0 Å². The molecule has 0 amide bonds. The zero-order chi connectivity index (χ0) is 11.9. The van der Waals surface area contributed by atoms with Crippen LogP contribution in [0.5, 0.6) is 0 Å². The van der Waals surface area contributed by atoms with Gasteiger partial charge in [0.1, 0.15) is 0 Å². The second-order valence-corrected chi connectivity index (χ2v) is 8.44. The van der Waals surface area contributed by atoms with Crippen LogP contribution in [0.25, 0.3) is 0 Å². The van der Waals surface area contributed by atoms with Gasteiger partial charge in [-0.05, 0) is 63.4 Å². The summed E-state index contributed by atoms with van der Waals surface area (Å²) in [5.41, 5.74) is 1.79. The largest absolute Gasteiger partial charge is 0.288 e. The van der Waals surface area contributed by atoms with Crippen LogP contribution in [0.4, 0.5) is 0 Å². The number of ketones is 1. The number of carbonyl (C=O) groups is 1. The standard InChI is InChI=1S/C11H8Br2OS2/c1-5-3-6(2)15-10(5)9(14)7-4-8(12)16-11(7)13/h3-4H,1-2H3. The van der Waals surface area contributed by atoms with Crippen LogP contribution < -0.4 is 0 Å². The van der Waals surface area contributed by atoms with E-state index in [-0.39, 0.29) is 5.78 Å². The third-order valence-electron chi connectivity index (χ3n) is 2.15. The molecule has 0 spiro atoms. The Balaban J connectivity index is 2.46. The summed E-state index contributed by atoms with van der Waals surface area (Å²) in [6.45, 7) is 4.00. The molecule has 2 aromatic rings. The van der Waals surface area contributed by atoms with Crippen molar-refractivity contribution in [3.8, 4) is 0 Å². The lowest BCUT2D eigenvalue weighted by Crippen LogP contribution is -1.98. The molecule has 0 radical (unpaired) electrons. The molecule has 2 heterocycles. The van der Waals surface area contributed by atoms with E-state index in [1.54, 1.807) is 11.3 Å². The minimum Gasteiger partial charge on any atom is -0.288 e. The molecule has 2 aromatic heterocycles. The van der Waals surface area contributed by atoms with Gasteiger partial charge in [0.2, 0.25) is 5.78 Å². The first-order chi connectivity index (χ1) is 7.49. The van der Waals surface area contributed by atoms with Crippen molar-refractivity contribution >= 4 is 60.3 Å². The minimum atomic E-state index is 0.101. The maximum atomic E-state index is 12.3. The van der Waals surface area contributed by atoms with Crippen molar-refractivity contribution in [2.45, 2.75) is 13.8 Å². The smallest absolute Gasteiger partial charge is 0.205 e. The third kappa shape index (κ3) is 2.32. The summed E-state index contributed by atoms with van der Waals surface area (Å²) in [5, 5.41) is 0. The van der Waals surface area contributed by atoms with Crippen molar-refractivity contribution in [1.29, 1.82) is 0 Å². The number of carbonyl (C=O) groups excluding carboxylic acids is 1. The summed E-state index contributed by atoms with van der Waals surface area (Å²) in [7, 11) is 0. The van der Waals surface area contributed by atoms with E-state index in [1.807, 2.05) is 26.0 Å². The highest BCUT2D eigenvalue weighted by Crippen LogP contribution is 2.35. The van der Waals surface area contributed by atoms with Crippen LogP contribution in [0, 0.1) is 13.8 Å². The van der Waals surface area contributed by atoms with Crippen molar-refractivity contribution in [3.05, 3.63) is 40.6 Å². The highest BCUT2D eigenvalue weighted by Gasteiger charge is 2.19.